The molecule has 0 atom stereocenters. The Balaban J connectivity index is 1.31. The van der Waals surface area contributed by atoms with E-state index >= 15 is 0 Å². The Hall–Kier alpha value is -2.37. The van der Waals surface area contributed by atoms with E-state index in [4.69, 9.17) is 0 Å². The first-order chi connectivity index (χ1) is 14.1. The lowest BCUT2D eigenvalue weighted by Crippen LogP contribution is -2.44. The molecule has 2 aliphatic carbocycles. The fourth-order valence-electron chi connectivity index (χ4n) is 5.43. The van der Waals surface area contributed by atoms with Crippen molar-refractivity contribution in [1.29, 1.82) is 0 Å². The van der Waals surface area contributed by atoms with Gasteiger partial charge in [-0.2, -0.15) is 5.10 Å². The molecule has 3 aliphatic rings. The lowest BCUT2D eigenvalue weighted by atomic mass is 9.91. The van der Waals surface area contributed by atoms with E-state index in [0.29, 0.717) is 6.04 Å². The predicted octanol–water partition coefficient (Wildman–Crippen LogP) is 3.13. The Kier molecular flexibility index (Phi) is 4.60. The highest BCUT2D eigenvalue weighted by molar-refractivity contribution is 5.91. The van der Waals surface area contributed by atoms with Crippen molar-refractivity contribution >= 4 is 5.91 Å². The van der Waals surface area contributed by atoms with Crippen molar-refractivity contribution in [1.82, 2.24) is 19.2 Å². The van der Waals surface area contributed by atoms with E-state index in [9.17, 15) is 9.59 Å². The molecule has 0 bridgehead atoms. The average molecular weight is 395 g/mol. The smallest absolute Gasteiger partial charge is 0.342 e. The molecule has 1 aliphatic heterocycles. The second-order valence-electron chi connectivity index (χ2n) is 9.09. The Morgan fingerprint density at radius 1 is 1.03 bits per heavy atom. The van der Waals surface area contributed by atoms with Crippen LogP contribution in [-0.4, -0.2) is 38.2 Å². The van der Waals surface area contributed by atoms with Crippen LogP contribution in [0.1, 0.15) is 74.7 Å². The number of hydrogen-bond donors (Lipinski definition) is 0. The summed E-state index contributed by atoms with van der Waals surface area (Å²) in [5.74, 6) is 1.50. The molecule has 1 saturated heterocycles. The van der Waals surface area contributed by atoms with Gasteiger partial charge in [0.25, 0.3) is 0 Å². The zero-order valence-electron chi connectivity index (χ0n) is 17.2. The van der Waals surface area contributed by atoms with Gasteiger partial charge in [-0.3, -0.25) is 9.36 Å². The second-order valence-corrected chi connectivity index (χ2v) is 9.09. The van der Waals surface area contributed by atoms with E-state index in [-0.39, 0.29) is 22.9 Å². The zero-order chi connectivity index (χ0) is 20.0. The molecule has 0 unspecified atom stereocenters. The molecule has 0 radical (unpaired) electrons. The molecule has 1 aromatic carbocycles. The summed E-state index contributed by atoms with van der Waals surface area (Å²) in [6.45, 7) is 1.51. The maximum absolute atomic E-state index is 13.3. The number of aromatic nitrogens is 3. The summed E-state index contributed by atoms with van der Waals surface area (Å²) in [7, 11) is 1.76. The van der Waals surface area contributed by atoms with Gasteiger partial charge in [0, 0.05) is 32.1 Å². The monoisotopic (exact) mass is 394 g/mol. The Labute approximate surface area is 171 Å². The van der Waals surface area contributed by atoms with Gasteiger partial charge in [-0.25, -0.2) is 9.48 Å². The van der Waals surface area contributed by atoms with Crippen molar-refractivity contribution in [2.75, 3.05) is 13.1 Å². The minimum Gasteiger partial charge on any atom is -0.342 e. The minimum atomic E-state index is -0.287. The van der Waals surface area contributed by atoms with Gasteiger partial charge in [0.2, 0.25) is 5.91 Å². The molecular weight excluding hydrogens is 364 g/mol. The maximum Gasteiger partial charge on any atom is 0.345 e. The van der Waals surface area contributed by atoms with Crippen LogP contribution in [0.4, 0.5) is 0 Å². The highest BCUT2D eigenvalue weighted by Crippen LogP contribution is 2.50. The largest absolute Gasteiger partial charge is 0.345 e. The fourth-order valence-corrected chi connectivity index (χ4v) is 5.43. The predicted molar refractivity (Wildman–Crippen MR) is 111 cm³/mol. The number of likely N-dealkylation sites (tertiary alicyclic amines) is 1. The standard InChI is InChI=1S/C23H30N4O2/c1-25-22(29)27(19-9-5-6-10-19)20(24-25)17-11-15-26(16-12-17)21(28)23(13-14-23)18-7-3-2-4-8-18/h2-4,7-8,17,19H,5-6,9-16H2,1H3. The summed E-state index contributed by atoms with van der Waals surface area (Å²) in [4.78, 5) is 28.1. The second kappa shape index (κ2) is 7.15. The van der Waals surface area contributed by atoms with Gasteiger partial charge in [0.05, 0.1) is 5.41 Å². The van der Waals surface area contributed by atoms with E-state index in [1.54, 1.807) is 7.05 Å². The molecule has 6 heteroatoms. The van der Waals surface area contributed by atoms with E-state index in [1.165, 1.54) is 17.5 Å². The zero-order valence-corrected chi connectivity index (χ0v) is 17.2. The van der Waals surface area contributed by atoms with Gasteiger partial charge < -0.3 is 4.90 Å². The summed E-state index contributed by atoms with van der Waals surface area (Å²) in [6, 6.07) is 10.5. The van der Waals surface area contributed by atoms with Gasteiger partial charge in [0.1, 0.15) is 5.82 Å². The van der Waals surface area contributed by atoms with Gasteiger partial charge in [-0.15, -0.1) is 0 Å². The number of carbonyl (C=O) groups excluding carboxylic acids is 1. The Morgan fingerprint density at radius 3 is 2.31 bits per heavy atom. The lowest BCUT2D eigenvalue weighted by Gasteiger charge is -2.34. The third-order valence-corrected chi connectivity index (χ3v) is 7.31. The van der Waals surface area contributed by atoms with Gasteiger partial charge in [0.15, 0.2) is 0 Å². The van der Waals surface area contributed by atoms with E-state index in [1.807, 2.05) is 22.8 Å². The normalized spacial score (nSPS) is 22.2. The van der Waals surface area contributed by atoms with Crippen molar-refractivity contribution in [3.05, 3.63) is 52.2 Å². The van der Waals surface area contributed by atoms with Crippen LogP contribution in [0.3, 0.4) is 0 Å². The summed E-state index contributed by atoms with van der Waals surface area (Å²) >= 11 is 0. The highest BCUT2D eigenvalue weighted by Gasteiger charge is 2.53. The molecule has 1 amide bonds. The maximum atomic E-state index is 13.3. The Morgan fingerprint density at radius 2 is 1.69 bits per heavy atom. The first kappa shape index (κ1) is 18.6. The van der Waals surface area contributed by atoms with Gasteiger partial charge >= 0.3 is 5.69 Å². The SMILES string of the molecule is Cn1nc(C2CCN(C(=O)C3(c4ccccc4)CC3)CC2)n(C2CCCC2)c1=O. The van der Waals surface area contributed by atoms with Crippen LogP contribution in [0, 0.1) is 0 Å². The first-order valence-corrected chi connectivity index (χ1v) is 11.1. The van der Waals surface area contributed by atoms with E-state index in [2.05, 4.69) is 22.1 Å². The molecule has 1 aromatic heterocycles. The van der Waals surface area contributed by atoms with Crippen LogP contribution < -0.4 is 5.69 Å². The first-order valence-electron chi connectivity index (χ1n) is 11.1. The molecule has 0 spiro atoms. The van der Waals surface area contributed by atoms with Gasteiger partial charge in [-0.05, 0) is 44.1 Å². The van der Waals surface area contributed by atoms with Crippen molar-refractivity contribution in [3.63, 3.8) is 0 Å². The van der Waals surface area contributed by atoms with Crippen LogP contribution in [0.25, 0.3) is 0 Å². The summed E-state index contributed by atoms with van der Waals surface area (Å²) in [5.41, 5.74) is 0.892. The van der Waals surface area contributed by atoms with Crippen molar-refractivity contribution in [2.45, 2.75) is 68.7 Å². The van der Waals surface area contributed by atoms with Crippen LogP contribution in [0.5, 0.6) is 0 Å². The molecule has 154 valence electrons. The number of aryl methyl sites for hydroxylation is 1. The molecule has 2 aromatic rings. The highest BCUT2D eigenvalue weighted by atomic mass is 16.2. The van der Waals surface area contributed by atoms with Crippen molar-refractivity contribution in [2.24, 2.45) is 7.05 Å². The number of amides is 1. The minimum absolute atomic E-state index is 0.0198. The third kappa shape index (κ3) is 3.13. The summed E-state index contributed by atoms with van der Waals surface area (Å²) in [5, 5.41) is 4.62. The molecule has 3 fully saturated rings. The molecule has 5 rings (SSSR count). The molecule has 2 heterocycles. The molecular formula is C23H30N4O2. The number of nitrogens with zero attached hydrogens (tertiary/aromatic N) is 4. The quantitative estimate of drug-likeness (QED) is 0.800. The third-order valence-electron chi connectivity index (χ3n) is 7.31. The summed E-state index contributed by atoms with van der Waals surface area (Å²) in [6.07, 6.45) is 8.24. The lowest BCUT2D eigenvalue weighted by molar-refractivity contribution is -0.135. The number of rotatable bonds is 4. The molecule has 0 N–H and O–H groups in total. The number of piperidine rings is 1. The average Bonchev–Trinajstić information content (AvgIpc) is 3.30. The fraction of sp³-hybridized carbons (Fsp3) is 0.609. The number of hydrogen-bond acceptors (Lipinski definition) is 3. The summed E-state index contributed by atoms with van der Waals surface area (Å²) < 4.78 is 3.47. The topological polar surface area (TPSA) is 60.1 Å². The van der Waals surface area contributed by atoms with Crippen LogP contribution in [-0.2, 0) is 17.3 Å². The van der Waals surface area contributed by atoms with Crippen molar-refractivity contribution < 1.29 is 4.79 Å². The molecule has 29 heavy (non-hydrogen) atoms. The van der Waals surface area contributed by atoms with Gasteiger partial charge in [-0.1, -0.05) is 43.2 Å². The molecule has 6 nitrogen and oxygen atoms in total. The molecule has 2 saturated carbocycles. The van der Waals surface area contributed by atoms with Crippen molar-refractivity contribution in [3.8, 4) is 0 Å². The van der Waals surface area contributed by atoms with E-state index < -0.39 is 0 Å². The van der Waals surface area contributed by atoms with Crippen LogP contribution in [0.2, 0.25) is 0 Å². The van der Waals surface area contributed by atoms with E-state index in [0.717, 1.165) is 63.0 Å². The van der Waals surface area contributed by atoms with Crippen LogP contribution >= 0.6 is 0 Å². The Bertz CT molecular complexity index is 943. The number of carbonyl (C=O) groups is 1. The van der Waals surface area contributed by atoms with Crippen LogP contribution in [0.15, 0.2) is 35.1 Å². The number of benzene rings is 1.